The van der Waals surface area contributed by atoms with Gasteiger partial charge >= 0.3 is 5.97 Å². The minimum absolute atomic E-state index is 0.0110. The van der Waals surface area contributed by atoms with Crippen LogP contribution in [0.4, 0.5) is 0 Å². The molecular weight excluding hydrogens is 404 g/mol. The number of ketones is 1. The van der Waals surface area contributed by atoms with Crippen LogP contribution in [0, 0.1) is 12.3 Å². The van der Waals surface area contributed by atoms with E-state index in [1.54, 1.807) is 30.3 Å². The molecule has 1 unspecified atom stereocenters. The fourth-order valence-corrected chi connectivity index (χ4v) is 4.57. The van der Waals surface area contributed by atoms with Crippen molar-refractivity contribution in [1.82, 2.24) is 0 Å². The lowest BCUT2D eigenvalue weighted by Gasteiger charge is -2.36. The van der Waals surface area contributed by atoms with E-state index in [9.17, 15) is 14.7 Å². The standard InChI is InChI=1S/C27H24O5/c1-15-5-9-19-23(11-15)31-24-13-17(28)7-10-20(24)27(19)21-12-16(22(29)14-26(2,3)4)6-8-18(21)25(30)32-27/h5-13,28H,14H2,1-4H3. The van der Waals surface area contributed by atoms with Gasteiger partial charge in [-0.05, 0) is 48.2 Å². The number of fused-ring (bicyclic) bond motifs is 6. The minimum atomic E-state index is -1.26. The fourth-order valence-electron chi connectivity index (χ4n) is 4.57. The van der Waals surface area contributed by atoms with E-state index in [1.165, 1.54) is 6.07 Å². The van der Waals surface area contributed by atoms with Crippen LogP contribution in [0.25, 0.3) is 0 Å². The average Bonchev–Trinajstić information content (AvgIpc) is 2.99. The van der Waals surface area contributed by atoms with E-state index < -0.39 is 11.6 Å². The summed E-state index contributed by atoms with van der Waals surface area (Å²) in [5, 5.41) is 10.1. The fraction of sp³-hybridized carbons (Fsp3) is 0.259. The molecule has 5 rings (SSSR count). The van der Waals surface area contributed by atoms with Crippen molar-refractivity contribution >= 4 is 11.8 Å². The molecule has 0 saturated carbocycles. The van der Waals surface area contributed by atoms with Crippen molar-refractivity contribution in [1.29, 1.82) is 0 Å². The van der Waals surface area contributed by atoms with Crippen LogP contribution >= 0.6 is 0 Å². The van der Waals surface area contributed by atoms with E-state index in [-0.39, 0.29) is 16.9 Å². The number of esters is 1. The topological polar surface area (TPSA) is 72.8 Å². The Morgan fingerprint density at radius 1 is 0.938 bits per heavy atom. The molecule has 0 aliphatic carbocycles. The van der Waals surface area contributed by atoms with Gasteiger partial charge in [0.2, 0.25) is 0 Å². The first-order chi connectivity index (χ1) is 15.1. The van der Waals surface area contributed by atoms with Gasteiger partial charge in [-0.25, -0.2) is 4.79 Å². The van der Waals surface area contributed by atoms with Gasteiger partial charge in [0.15, 0.2) is 11.4 Å². The second-order valence-electron chi connectivity index (χ2n) is 9.77. The minimum Gasteiger partial charge on any atom is -0.508 e. The lowest BCUT2D eigenvalue weighted by atomic mass is 9.76. The van der Waals surface area contributed by atoms with Gasteiger partial charge < -0.3 is 14.6 Å². The van der Waals surface area contributed by atoms with Crippen LogP contribution in [-0.4, -0.2) is 16.9 Å². The van der Waals surface area contributed by atoms with Crippen molar-refractivity contribution in [2.24, 2.45) is 5.41 Å². The summed E-state index contributed by atoms with van der Waals surface area (Å²) in [5.41, 5.74) is 2.44. The molecule has 5 heteroatoms. The molecule has 2 aliphatic rings. The Kier molecular flexibility index (Phi) is 4.25. The maximum absolute atomic E-state index is 13.0. The monoisotopic (exact) mass is 428 g/mol. The van der Waals surface area contributed by atoms with Crippen molar-refractivity contribution in [3.63, 3.8) is 0 Å². The van der Waals surface area contributed by atoms with Gasteiger partial charge in [-0.3, -0.25) is 4.79 Å². The molecule has 1 spiro atoms. The number of ether oxygens (including phenoxy) is 2. The molecule has 0 fully saturated rings. The van der Waals surface area contributed by atoms with Crippen LogP contribution in [0.5, 0.6) is 17.2 Å². The molecule has 162 valence electrons. The zero-order valence-corrected chi connectivity index (χ0v) is 18.5. The molecule has 0 amide bonds. The van der Waals surface area contributed by atoms with Gasteiger partial charge in [0.05, 0.1) is 5.56 Å². The Bertz CT molecular complexity index is 1240. The highest BCUT2D eigenvalue weighted by atomic mass is 16.6. The number of hydrogen-bond donors (Lipinski definition) is 1. The number of phenols is 1. The lowest BCUT2D eigenvalue weighted by molar-refractivity contribution is 0.0224. The highest BCUT2D eigenvalue weighted by molar-refractivity contribution is 6.01. The van der Waals surface area contributed by atoms with Gasteiger partial charge in [0, 0.05) is 34.7 Å². The van der Waals surface area contributed by atoms with Crippen LogP contribution < -0.4 is 4.74 Å². The van der Waals surface area contributed by atoms with Gasteiger partial charge in [-0.15, -0.1) is 0 Å². The molecule has 5 nitrogen and oxygen atoms in total. The summed E-state index contributed by atoms with van der Waals surface area (Å²) in [5.74, 6) is 0.568. The molecule has 0 saturated heterocycles. The highest BCUT2D eigenvalue weighted by Gasteiger charge is 2.53. The number of benzene rings is 3. The predicted molar refractivity (Wildman–Crippen MR) is 120 cm³/mol. The molecule has 1 atom stereocenters. The summed E-state index contributed by atoms with van der Waals surface area (Å²) in [4.78, 5) is 26.0. The van der Waals surface area contributed by atoms with Gasteiger partial charge in [-0.1, -0.05) is 39.0 Å². The van der Waals surface area contributed by atoms with Gasteiger partial charge in [0.1, 0.15) is 17.2 Å². The summed E-state index contributed by atoms with van der Waals surface area (Å²) in [7, 11) is 0. The number of rotatable bonds is 2. The maximum Gasteiger partial charge on any atom is 0.340 e. The van der Waals surface area contributed by atoms with Crippen molar-refractivity contribution in [2.45, 2.75) is 39.7 Å². The third-order valence-corrected chi connectivity index (χ3v) is 5.96. The Morgan fingerprint density at radius 3 is 2.34 bits per heavy atom. The number of phenolic OH excluding ortho intramolecular Hbond substituents is 1. The van der Waals surface area contributed by atoms with E-state index in [0.717, 1.165) is 5.56 Å². The highest BCUT2D eigenvalue weighted by Crippen LogP contribution is 2.56. The lowest BCUT2D eigenvalue weighted by Crippen LogP contribution is -2.33. The van der Waals surface area contributed by atoms with Crippen molar-refractivity contribution in [3.8, 4) is 17.2 Å². The van der Waals surface area contributed by atoms with Crippen LogP contribution in [-0.2, 0) is 10.3 Å². The largest absolute Gasteiger partial charge is 0.508 e. The Hall–Kier alpha value is -3.60. The number of carbonyl (C=O) groups is 2. The molecular formula is C27H24O5. The van der Waals surface area contributed by atoms with E-state index >= 15 is 0 Å². The summed E-state index contributed by atoms with van der Waals surface area (Å²) >= 11 is 0. The van der Waals surface area contributed by atoms with Crippen LogP contribution in [0.1, 0.15) is 70.2 Å². The summed E-state index contributed by atoms with van der Waals surface area (Å²) < 4.78 is 12.2. The number of Topliss-reactive ketones (excluding diaryl/α,β-unsaturated/α-hetero) is 1. The van der Waals surface area contributed by atoms with Crippen molar-refractivity contribution in [3.05, 3.63) is 88.0 Å². The average molecular weight is 428 g/mol. The van der Waals surface area contributed by atoms with E-state index in [0.29, 0.717) is 45.7 Å². The SMILES string of the molecule is Cc1ccc2c(c1)Oc1cc(O)ccc1C21OC(=O)c2ccc(C(=O)CC(C)(C)C)cc21. The zero-order chi connectivity index (χ0) is 22.8. The van der Waals surface area contributed by atoms with E-state index in [1.807, 2.05) is 45.9 Å². The third kappa shape index (κ3) is 3.00. The van der Waals surface area contributed by atoms with E-state index in [2.05, 4.69) is 0 Å². The first-order valence-corrected chi connectivity index (χ1v) is 10.6. The molecule has 0 bridgehead atoms. The number of aryl methyl sites for hydroxylation is 1. The molecule has 3 aromatic carbocycles. The normalized spacial score (nSPS) is 18.4. The molecule has 0 aromatic heterocycles. The number of carbonyl (C=O) groups excluding carboxylic acids is 2. The molecule has 1 N–H and O–H groups in total. The van der Waals surface area contributed by atoms with Gasteiger partial charge in [-0.2, -0.15) is 0 Å². The molecule has 2 aliphatic heterocycles. The third-order valence-electron chi connectivity index (χ3n) is 5.96. The van der Waals surface area contributed by atoms with Crippen LogP contribution in [0.2, 0.25) is 0 Å². The van der Waals surface area contributed by atoms with Crippen molar-refractivity contribution < 1.29 is 24.2 Å². The summed E-state index contributed by atoms with van der Waals surface area (Å²) in [6, 6.07) is 15.6. The summed E-state index contributed by atoms with van der Waals surface area (Å²) in [6.45, 7) is 8.01. The van der Waals surface area contributed by atoms with Crippen LogP contribution in [0.3, 0.4) is 0 Å². The molecule has 0 radical (unpaired) electrons. The van der Waals surface area contributed by atoms with Gasteiger partial charge in [0.25, 0.3) is 0 Å². The second kappa shape index (κ2) is 6.70. The quantitative estimate of drug-likeness (QED) is 0.407. The molecule has 2 heterocycles. The number of aromatic hydroxyl groups is 1. The summed E-state index contributed by atoms with van der Waals surface area (Å²) in [6.07, 6.45) is 0.386. The maximum atomic E-state index is 13.0. The van der Waals surface area contributed by atoms with E-state index in [4.69, 9.17) is 9.47 Å². The number of hydrogen-bond acceptors (Lipinski definition) is 5. The molecule has 3 aromatic rings. The van der Waals surface area contributed by atoms with Crippen LogP contribution in [0.15, 0.2) is 54.6 Å². The Balaban J connectivity index is 1.78. The first kappa shape index (κ1) is 20.3. The Labute approximate surface area is 186 Å². The predicted octanol–water partition coefficient (Wildman–Crippen LogP) is 5.89. The smallest absolute Gasteiger partial charge is 0.340 e. The zero-order valence-electron chi connectivity index (χ0n) is 18.5. The molecule has 32 heavy (non-hydrogen) atoms. The second-order valence-corrected chi connectivity index (χ2v) is 9.77. The van der Waals surface area contributed by atoms with Crippen molar-refractivity contribution in [2.75, 3.05) is 0 Å². The first-order valence-electron chi connectivity index (χ1n) is 10.6. The Morgan fingerprint density at radius 2 is 1.62 bits per heavy atom.